The normalized spacial score (nSPS) is 12.2. The van der Waals surface area contributed by atoms with Crippen molar-refractivity contribution in [3.8, 4) is 22.5 Å². The summed E-state index contributed by atoms with van der Waals surface area (Å²) in [6.07, 6.45) is 0. The number of aromatic nitrogens is 2. The third-order valence-corrected chi connectivity index (χ3v) is 12.4. The van der Waals surface area contributed by atoms with Crippen LogP contribution in [0.4, 0.5) is 0 Å². The van der Waals surface area contributed by atoms with Gasteiger partial charge in [0.15, 0.2) is 0 Å². The Morgan fingerprint density at radius 3 is 1.87 bits per heavy atom. The molecule has 3 heteroatoms. The second kappa shape index (κ2) is 10.9. The van der Waals surface area contributed by atoms with Crippen molar-refractivity contribution < 1.29 is 0 Å². The number of hydrogen-bond acceptors (Lipinski definition) is 1. The second-order valence-electron chi connectivity index (χ2n) is 14.1. The number of nitrogens with zero attached hydrogens (tertiary/aromatic N) is 2. The zero-order chi connectivity index (χ0) is 34.6. The lowest BCUT2D eigenvalue weighted by atomic mass is 9.98. The molecule has 0 aliphatic carbocycles. The van der Waals surface area contributed by atoms with Crippen LogP contribution in [0.25, 0.3) is 108 Å². The predicted molar refractivity (Wildman–Crippen MR) is 228 cm³/mol. The van der Waals surface area contributed by atoms with Crippen LogP contribution < -0.4 is 0 Å². The SMILES string of the molecule is c1ccc2c(-c3ccc(-n4c5ccccc5c5cc6c7c8ccccc8ccc7n(-c7cccc8sc9ccccc9c78)c6cc54)cc3)cccc2c1. The van der Waals surface area contributed by atoms with Crippen molar-refractivity contribution in [1.82, 2.24) is 9.13 Å². The zero-order valence-electron chi connectivity index (χ0n) is 28.6. The maximum absolute atomic E-state index is 2.53. The summed E-state index contributed by atoms with van der Waals surface area (Å²) in [6.45, 7) is 0. The average Bonchev–Trinajstić information content (AvgIpc) is 3.87. The van der Waals surface area contributed by atoms with Crippen LogP contribution in [0.3, 0.4) is 0 Å². The molecule has 0 bridgehead atoms. The largest absolute Gasteiger partial charge is 0.309 e. The highest BCUT2D eigenvalue weighted by molar-refractivity contribution is 7.25. The Morgan fingerprint density at radius 2 is 1.00 bits per heavy atom. The highest BCUT2D eigenvalue weighted by atomic mass is 32.1. The van der Waals surface area contributed by atoms with Gasteiger partial charge in [-0.15, -0.1) is 11.3 Å². The first kappa shape index (κ1) is 29.0. The van der Waals surface area contributed by atoms with Gasteiger partial charge in [0.25, 0.3) is 0 Å². The van der Waals surface area contributed by atoms with E-state index < -0.39 is 0 Å². The highest BCUT2D eigenvalue weighted by Gasteiger charge is 2.21. The lowest BCUT2D eigenvalue weighted by Gasteiger charge is -2.12. The molecular formula is C50H30N2S. The molecule has 0 spiro atoms. The Labute approximate surface area is 309 Å². The van der Waals surface area contributed by atoms with Crippen LogP contribution in [0.15, 0.2) is 182 Å². The van der Waals surface area contributed by atoms with Gasteiger partial charge in [-0.25, -0.2) is 0 Å². The van der Waals surface area contributed by atoms with E-state index in [4.69, 9.17) is 0 Å². The maximum atomic E-state index is 2.53. The standard InChI is InChI=1S/C50H30N2S/c1-3-14-35-31(11-1)13-9-18-36(35)33-23-26-34(27-24-33)51-42-19-7-5-16-38(42)40-29-41-46(30-45(40)51)52(44-28-25-32-12-2-4-15-37(32)49(41)44)43-20-10-22-48-50(43)39-17-6-8-21-47(39)53-48/h1-30H. The van der Waals surface area contributed by atoms with Gasteiger partial charge in [-0.3, -0.25) is 0 Å². The molecule has 12 aromatic rings. The van der Waals surface area contributed by atoms with E-state index in [0.29, 0.717) is 0 Å². The van der Waals surface area contributed by atoms with E-state index in [2.05, 4.69) is 191 Å². The molecule has 0 amide bonds. The maximum Gasteiger partial charge on any atom is 0.0562 e. The number of hydrogen-bond donors (Lipinski definition) is 0. The van der Waals surface area contributed by atoms with E-state index in [1.807, 2.05) is 11.3 Å². The molecule has 0 fully saturated rings. The molecule has 0 N–H and O–H groups in total. The number of rotatable bonds is 3. The number of para-hydroxylation sites is 1. The van der Waals surface area contributed by atoms with Gasteiger partial charge in [0, 0.05) is 47.4 Å². The molecular weight excluding hydrogens is 661 g/mol. The quantitative estimate of drug-likeness (QED) is 0.175. The van der Waals surface area contributed by atoms with Crippen LogP contribution >= 0.6 is 11.3 Å². The first-order valence-electron chi connectivity index (χ1n) is 18.2. The summed E-state index contributed by atoms with van der Waals surface area (Å²) in [4.78, 5) is 0. The van der Waals surface area contributed by atoms with Crippen LogP contribution in [0, 0.1) is 0 Å². The minimum Gasteiger partial charge on any atom is -0.309 e. The van der Waals surface area contributed by atoms with Gasteiger partial charge >= 0.3 is 0 Å². The van der Waals surface area contributed by atoms with E-state index in [1.54, 1.807) is 0 Å². The van der Waals surface area contributed by atoms with Gasteiger partial charge in [0.2, 0.25) is 0 Å². The fourth-order valence-electron chi connectivity index (χ4n) is 9.00. The van der Waals surface area contributed by atoms with Crippen LogP contribution in [-0.2, 0) is 0 Å². The summed E-state index contributed by atoms with van der Waals surface area (Å²) in [5, 5.41) is 12.8. The summed E-state index contributed by atoms with van der Waals surface area (Å²) in [6, 6.07) is 67.2. The molecule has 53 heavy (non-hydrogen) atoms. The molecule has 12 rings (SSSR count). The fourth-order valence-corrected chi connectivity index (χ4v) is 10.1. The summed E-state index contributed by atoms with van der Waals surface area (Å²) in [7, 11) is 0. The molecule has 0 unspecified atom stereocenters. The zero-order valence-corrected chi connectivity index (χ0v) is 29.4. The fraction of sp³-hybridized carbons (Fsp3) is 0. The second-order valence-corrected chi connectivity index (χ2v) is 15.2. The molecule has 3 aromatic heterocycles. The Hall–Kier alpha value is -6.68. The van der Waals surface area contributed by atoms with Crippen molar-refractivity contribution in [2.75, 3.05) is 0 Å². The van der Waals surface area contributed by atoms with E-state index in [-0.39, 0.29) is 0 Å². The van der Waals surface area contributed by atoms with Gasteiger partial charge in [-0.2, -0.15) is 0 Å². The Bertz CT molecular complexity index is 3440. The smallest absolute Gasteiger partial charge is 0.0562 e. The Kier molecular flexibility index (Phi) is 5.96. The van der Waals surface area contributed by atoms with E-state index in [9.17, 15) is 0 Å². The van der Waals surface area contributed by atoms with Crippen molar-refractivity contribution in [3.63, 3.8) is 0 Å². The van der Waals surface area contributed by atoms with Gasteiger partial charge in [-0.1, -0.05) is 127 Å². The van der Waals surface area contributed by atoms with Crippen molar-refractivity contribution >= 4 is 96.7 Å². The first-order chi connectivity index (χ1) is 26.3. The molecule has 2 nitrogen and oxygen atoms in total. The Balaban J connectivity index is 1.18. The molecule has 0 radical (unpaired) electrons. The minimum absolute atomic E-state index is 1.15. The first-order valence-corrected chi connectivity index (χ1v) is 19.0. The Morgan fingerprint density at radius 1 is 0.340 bits per heavy atom. The molecule has 0 saturated carbocycles. The average molecular weight is 691 g/mol. The number of benzene rings is 9. The third-order valence-electron chi connectivity index (χ3n) is 11.3. The molecule has 3 heterocycles. The summed E-state index contributed by atoms with van der Waals surface area (Å²) >= 11 is 1.87. The minimum atomic E-state index is 1.15. The van der Waals surface area contributed by atoms with E-state index in [1.165, 1.54) is 102 Å². The molecule has 0 aliphatic heterocycles. The summed E-state index contributed by atoms with van der Waals surface area (Å²) in [5.74, 6) is 0. The molecule has 246 valence electrons. The summed E-state index contributed by atoms with van der Waals surface area (Å²) in [5.41, 5.74) is 9.69. The predicted octanol–water partition coefficient (Wildman–Crippen LogP) is 14.2. The third kappa shape index (κ3) is 4.08. The van der Waals surface area contributed by atoms with Gasteiger partial charge < -0.3 is 9.13 Å². The van der Waals surface area contributed by atoms with Crippen molar-refractivity contribution in [2.45, 2.75) is 0 Å². The summed E-state index contributed by atoms with van der Waals surface area (Å²) < 4.78 is 7.61. The topological polar surface area (TPSA) is 9.86 Å². The van der Waals surface area contributed by atoms with Crippen molar-refractivity contribution in [2.24, 2.45) is 0 Å². The van der Waals surface area contributed by atoms with Crippen LogP contribution in [0.2, 0.25) is 0 Å². The number of thiophene rings is 1. The lowest BCUT2D eigenvalue weighted by molar-refractivity contribution is 1.17. The molecule has 9 aromatic carbocycles. The van der Waals surface area contributed by atoms with E-state index in [0.717, 1.165) is 5.69 Å². The van der Waals surface area contributed by atoms with Gasteiger partial charge in [0.05, 0.1) is 27.8 Å². The molecule has 0 aliphatic rings. The van der Waals surface area contributed by atoms with Crippen molar-refractivity contribution in [1.29, 1.82) is 0 Å². The van der Waals surface area contributed by atoms with Gasteiger partial charge in [-0.05, 0) is 87.3 Å². The van der Waals surface area contributed by atoms with Crippen LogP contribution in [0.1, 0.15) is 0 Å². The van der Waals surface area contributed by atoms with Crippen LogP contribution in [-0.4, -0.2) is 9.13 Å². The van der Waals surface area contributed by atoms with E-state index >= 15 is 0 Å². The monoisotopic (exact) mass is 690 g/mol. The molecule has 0 saturated heterocycles. The molecule has 0 atom stereocenters. The number of fused-ring (bicyclic) bond motifs is 12. The lowest BCUT2D eigenvalue weighted by Crippen LogP contribution is -1.96. The van der Waals surface area contributed by atoms with Gasteiger partial charge in [0.1, 0.15) is 0 Å². The highest BCUT2D eigenvalue weighted by Crippen LogP contribution is 2.45. The van der Waals surface area contributed by atoms with Crippen LogP contribution in [0.5, 0.6) is 0 Å². The van der Waals surface area contributed by atoms with Crippen molar-refractivity contribution in [3.05, 3.63) is 182 Å².